The van der Waals surface area contributed by atoms with Crippen molar-refractivity contribution in [2.75, 3.05) is 26.6 Å². The van der Waals surface area contributed by atoms with Crippen LogP contribution in [0, 0.1) is 10.3 Å². The lowest BCUT2D eigenvalue weighted by Gasteiger charge is -2.26. The van der Waals surface area contributed by atoms with Crippen LogP contribution < -0.4 is 0 Å². The van der Waals surface area contributed by atoms with Gasteiger partial charge in [-0.05, 0) is 12.8 Å². The minimum Gasteiger partial charge on any atom is -0.355 e. The van der Waals surface area contributed by atoms with Crippen LogP contribution in [0.5, 0.6) is 0 Å². The Labute approximate surface area is 72.2 Å². The van der Waals surface area contributed by atoms with E-state index in [4.69, 9.17) is 9.47 Å². The molecule has 1 saturated heterocycles. The zero-order valence-corrected chi connectivity index (χ0v) is 7.41. The highest BCUT2D eigenvalue weighted by molar-refractivity contribution is 4.80. The van der Waals surface area contributed by atoms with Crippen LogP contribution in [0.25, 0.3) is 0 Å². The summed E-state index contributed by atoms with van der Waals surface area (Å²) in [6, 6.07) is 0. The second-order valence-electron chi connectivity index (χ2n) is 3.27. The van der Waals surface area contributed by atoms with Crippen LogP contribution in [0.4, 0.5) is 0 Å². The van der Waals surface area contributed by atoms with Crippen LogP contribution in [-0.2, 0) is 9.47 Å². The molecule has 0 N–H and O–H groups in total. The van der Waals surface area contributed by atoms with Crippen molar-refractivity contribution in [3.8, 4) is 0 Å². The number of hydrogen-bond acceptors (Lipinski definition) is 4. The van der Waals surface area contributed by atoms with Gasteiger partial charge in [0.1, 0.15) is 6.79 Å². The van der Waals surface area contributed by atoms with Crippen LogP contribution in [-0.4, -0.2) is 26.6 Å². The molecule has 0 saturated carbocycles. The number of ether oxygens (including phenoxy) is 2. The number of nitrogens with zero attached hydrogens (tertiary/aromatic N) is 1. The third-order valence-electron chi connectivity index (χ3n) is 2.50. The van der Waals surface area contributed by atoms with Gasteiger partial charge in [0.05, 0.1) is 19.8 Å². The summed E-state index contributed by atoms with van der Waals surface area (Å²) in [4.78, 5) is 10.2. The lowest BCUT2D eigenvalue weighted by atomic mass is 9.83. The molecule has 0 amide bonds. The van der Waals surface area contributed by atoms with Gasteiger partial charge in [-0.25, -0.2) is 0 Å². The van der Waals surface area contributed by atoms with E-state index in [0.717, 1.165) is 12.8 Å². The first-order valence-corrected chi connectivity index (χ1v) is 4.27. The van der Waals surface area contributed by atoms with Gasteiger partial charge >= 0.3 is 0 Å². The number of rotatable bonds is 3. The van der Waals surface area contributed by atoms with E-state index >= 15 is 0 Å². The molecule has 1 atom stereocenters. The molecule has 0 radical (unpaired) electrons. The van der Waals surface area contributed by atoms with Crippen molar-refractivity contribution in [3.63, 3.8) is 0 Å². The van der Waals surface area contributed by atoms with Crippen LogP contribution in [0.2, 0.25) is 0 Å². The average Bonchev–Trinajstić information content (AvgIpc) is 2.32. The highest BCUT2D eigenvalue weighted by Crippen LogP contribution is 2.29. The summed E-state index contributed by atoms with van der Waals surface area (Å²) in [5, 5.41) is 2.96. The van der Waals surface area contributed by atoms with Crippen molar-refractivity contribution in [1.82, 2.24) is 0 Å². The smallest absolute Gasteiger partial charge is 0.146 e. The molecule has 1 fully saturated rings. The van der Waals surface area contributed by atoms with Gasteiger partial charge in [0.15, 0.2) is 0 Å². The Morgan fingerprint density at radius 1 is 1.50 bits per heavy atom. The predicted octanol–water partition coefficient (Wildman–Crippen LogP) is 1.54. The Bertz CT molecular complexity index is 141. The summed E-state index contributed by atoms with van der Waals surface area (Å²) in [6.07, 6.45) is 1.79. The predicted molar refractivity (Wildman–Crippen MR) is 44.8 cm³/mol. The average molecular weight is 173 g/mol. The van der Waals surface area contributed by atoms with Crippen LogP contribution in [0.1, 0.15) is 19.8 Å². The zero-order valence-electron chi connectivity index (χ0n) is 7.41. The molecule has 12 heavy (non-hydrogen) atoms. The Balaban J connectivity index is 2.54. The summed E-state index contributed by atoms with van der Waals surface area (Å²) in [5.74, 6) is 0. The lowest BCUT2D eigenvalue weighted by Crippen LogP contribution is -2.28. The molecule has 4 heteroatoms. The molecule has 0 aromatic heterocycles. The van der Waals surface area contributed by atoms with Gasteiger partial charge in [0.25, 0.3) is 0 Å². The van der Waals surface area contributed by atoms with E-state index in [2.05, 4.69) is 12.1 Å². The first-order chi connectivity index (χ1) is 5.83. The lowest BCUT2D eigenvalue weighted by molar-refractivity contribution is -0.0428. The van der Waals surface area contributed by atoms with Crippen molar-refractivity contribution < 1.29 is 9.47 Å². The maximum atomic E-state index is 10.2. The maximum Gasteiger partial charge on any atom is 0.146 e. The fraction of sp³-hybridized carbons (Fsp3) is 1.00. The summed E-state index contributed by atoms with van der Waals surface area (Å²) in [5.41, 5.74) is -0.0712. The fourth-order valence-corrected chi connectivity index (χ4v) is 1.39. The van der Waals surface area contributed by atoms with E-state index in [0.29, 0.717) is 26.6 Å². The molecule has 0 aromatic rings. The molecule has 1 aliphatic rings. The molecule has 0 spiro atoms. The second kappa shape index (κ2) is 4.52. The number of nitroso groups, excluding NO2 is 1. The van der Waals surface area contributed by atoms with Gasteiger partial charge < -0.3 is 9.47 Å². The van der Waals surface area contributed by atoms with E-state index in [1.165, 1.54) is 0 Å². The molecular formula is C8H15NO3. The second-order valence-corrected chi connectivity index (χ2v) is 3.27. The van der Waals surface area contributed by atoms with Gasteiger partial charge in [-0.3, -0.25) is 0 Å². The van der Waals surface area contributed by atoms with Crippen molar-refractivity contribution >= 4 is 0 Å². The molecular weight excluding hydrogens is 158 g/mol. The van der Waals surface area contributed by atoms with Crippen molar-refractivity contribution in [2.45, 2.75) is 19.8 Å². The number of hydrogen-bond donors (Lipinski definition) is 0. The molecule has 0 aliphatic carbocycles. The van der Waals surface area contributed by atoms with E-state index < -0.39 is 0 Å². The molecule has 70 valence electrons. The monoisotopic (exact) mass is 173 g/mol. The SMILES string of the molecule is CCC1(CN=O)CCOCOC1. The maximum absolute atomic E-state index is 10.2. The molecule has 1 aliphatic heterocycles. The van der Waals surface area contributed by atoms with E-state index in [1.807, 2.05) is 0 Å². The van der Waals surface area contributed by atoms with Crippen LogP contribution >= 0.6 is 0 Å². The molecule has 0 aromatic carbocycles. The fourth-order valence-electron chi connectivity index (χ4n) is 1.39. The summed E-state index contributed by atoms with van der Waals surface area (Å²) in [6.45, 7) is 4.01. The van der Waals surface area contributed by atoms with Gasteiger partial charge in [-0.15, -0.1) is 0 Å². The van der Waals surface area contributed by atoms with Gasteiger partial charge in [0.2, 0.25) is 0 Å². The Morgan fingerprint density at radius 3 is 3.00 bits per heavy atom. The Hall–Kier alpha value is -0.480. The Morgan fingerprint density at radius 2 is 2.33 bits per heavy atom. The standard InChI is InChI=1S/C8H15NO3/c1-2-8(5-9-10)3-4-11-7-12-6-8/h2-7H2,1H3. The van der Waals surface area contributed by atoms with E-state index in [-0.39, 0.29) is 5.41 Å². The molecule has 1 heterocycles. The molecule has 0 bridgehead atoms. The first-order valence-electron chi connectivity index (χ1n) is 4.27. The minimum absolute atomic E-state index is 0.0712. The largest absolute Gasteiger partial charge is 0.355 e. The van der Waals surface area contributed by atoms with E-state index in [1.54, 1.807) is 0 Å². The Kier molecular flexibility index (Phi) is 3.62. The quantitative estimate of drug-likeness (QED) is 0.608. The van der Waals surface area contributed by atoms with Gasteiger partial charge in [-0.1, -0.05) is 12.1 Å². The molecule has 1 unspecified atom stereocenters. The van der Waals surface area contributed by atoms with Gasteiger partial charge in [0, 0.05) is 5.41 Å². The normalized spacial score (nSPS) is 31.1. The summed E-state index contributed by atoms with van der Waals surface area (Å²) < 4.78 is 10.4. The molecule has 4 nitrogen and oxygen atoms in total. The van der Waals surface area contributed by atoms with Crippen molar-refractivity contribution in [2.24, 2.45) is 10.6 Å². The highest BCUT2D eigenvalue weighted by atomic mass is 16.7. The van der Waals surface area contributed by atoms with Crippen LogP contribution in [0.15, 0.2) is 5.18 Å². The third kappa shape index (κ3) is 2.25. The summed E-state index contributed by atoms with van der Waals surface area (Å²) >= 11 is 0. The van der Waals surface area contributed by atoms with Gasteiger partial charge in [-0.2, -0.15) is 4.91 Å². The van der Waals surface area contributed by atoms with Crippen LogP contribution in [0.3, 0.4) is 0 Å². The summed E-state index contributed by atoms with van der Waals surface area (Å²) in [7, 11) is 0. The zero-order chi connectivity index (χ0) is 8.86. The first kappa shape index (κ1) is 9.61. The highest BCUT2D eigenvalue weighted by Gasteiger charge is 2.30. The van der Waals surface area contributed by atoms with Crippen molar-refractivity contribution in [1.29, 1.82) is 0 Å². The van der Waals surface area contributed by atoms with Crippen molar-refractivity contribution in [3.05, 3.63) is 4.91 Å². The topological polar surface area (TPSA) is 47.9 Å². The minimum atomic E-state index is -0.0712. The third-order valence-corrected chi connectivity index (χ3v) is 2.50. The molecule has 1 rings (SSSR count). The van der Waals surface area contributed by atoms with E-state index in [9.17, 15) is 4.91 Å².